The molecular weight excluding hydrogens is 388 g/mol. The first-order valence-electron chi connectivity index (χ1n) is 9.82. The molecule has 0 spiro atoms. The van der Waals surface area contributed by atoms with Crippen molar-refractivity contribution >= 4 is 21.6 Å². The molecule has 1 saturated heterocycles. The van der Waals surface area contributed by atoms with Crippen molar-refractivity contribution in [3.8, 4) is 5.75 Å². The molecule has 0 unspecified atom stereocenters. The van der Waals surface area contributed by atoms with E-state index in [1.165, 1.54) is 0 Å². The number of nitrogens with zero attached hydrogens (tertiary/aromatic N) is 1. The summed E-state index contributed by atoms with van der Waals surface area (Å²) in [4.78, 5) is 14.5. The number of anilines is 1. The Morgan fingerprint density at radius 1 is 1.10 bits per heavy atom. The van der Waals surface area contributed by atoms with E-state index in [4.69, 9.17) is 4.74 Å². The lowest BCUT2D eigenvalue weighted by atomic mass is 10.1. The average Bonchev–Trinajstić information content (AvgIpc) is 3.01. The molecule has 2 aromatic rings. The fourth-order valence-corrected chi connectivity index (χ4v) is 5.51. The van der Waals surface area contributed by atoms with Gasteiger partial charge in [0.1, 0.15) is 5.75 Å². The molecule has 3 rings (SSSR count). The van der Waals surface area contributed by atoms with Crippen LogP contribution in [0.3, 0.4) is 0 Å². The van der Waals surface area contributed by atoms with Crippen molar-refractivity contribution in [3.05, 3.63) is 53.1 Å². The fourth-order valence-electron chi connectivity index (χ4n) is 3.95. The highest BCUT2D eigenvalue weighted by atomic mass is 32.2. The summed E-state index contributed by atoms with van der Waals surface area (Å²) in [5.41, 5.74) is 3.29. The summed E-state index contributed by atoms with van der Waals surface area (Å²) in [5.74, 6) is 0.687. The first kappa shape index (κ1) is 21.3. The van der Waals surface area contributed by atoms with Crippen LogP contribution >= 0.6 is 0 Å². The zero-order valence-electron chi connectivity index (χ0n) is 17.4. The Kier molecular flexibility index (Phi) is 6.29. The van der Waals surface area contributed by atoms with Crippen LogP contribution in [0.4, 0.5) is 5.69 Å². The van der Waals surface area contributed by atoms with E-state index in [2.05, 4.69) is 4.72 Å². The molecule has 1 aliphatic rings. The maximum atomic E-state index is 12.9. The van der Waals surface area contributed by atoms with Crippen LogP contribution in [-0.2, 0) is 14.8 Å². The smallest absolute Gasteiger partial charge is 0.241 e. The molecule has 7 heteroatoms. The number of carbonyl (C=O) groups excluding carboxylic acids is 1. The van der Waals surface area contributed by atoms with E-state index in [9.17, 15) is 13.2 Å². The third-order valence-electron chi connectivity index (χ3n) is 5.10. The normalized spacial score (nSPS) is 17.0. The third-order valence-corrected chi connectivity index (χ3v) is 6.83. The average molecular weight is 417 g/mol. The van der Waals surface area contributed by atoms with Crippen LogP contribution in [0, 0.1) is 26.7 Å². The molecule has 0 saturated carbocycles. The predicted molar refractivity (Wildman–Crippen MR) is 114 cm³/mol. The zero-order chi connectivity index (χ0) is 21.2. The van der Waals surface area contributed by atoms with Crippen LogP contribution in [0.25, 0.3) is 0 Å². The lowest BCUT2D eigenvalue weighted by molar-refractivity contribution is -0.117. The molecule has 0 bridgehead atoms. The number of hydrogen-bond donors (Lipinski definition) is 1. The van der Waals surface area contributed by atoms with Gasteiger partial charge in [-0.3, -0.25) is 4.79 Å². The number of hydrogen-bond acceptors (Lipinski definition) is 4. The van der Waals surface area contributed by atoms with Crippen LogP contribution in [0.5, 0.6) is 5.75 Å². The molecule has 1 aliphatic heterocycles. The van der Waals surface area contributed by atoms with Gasteiger partial charge in [-0.05, 0) is 69.0 Å². The van der Waals surface area contributed by atoms with E-state index >= 15 is 0 Å². The van der Waals surface area contributed by atoms with Gasteiger partial charge in [0.05, 0.1) is 11.5 Å². The molecule has 1 fully saturated rings. The Labute approximate surface area is 172 Å². The molecule has 0 radical (unpaired) electrons. The number of rotatable bonds is 7. The van der Waals surface area contributed by atoms with Gasteiger partial charge in [0, 0.05) is 25.2 Å². The standard InChI is InChI=1S/C22H28N2O4S/c1-5-28-20-8-6-19(7-9-20)24-14-18(12-21(24)25)13-23-29(26,27)22-16(3)10-15(2)11-17(22)4/h6-11,18,23H,5,12-14H2,1-4H3/t18-/m1/s1. The van der Waals surface area contributed by atoms with Crippen molar-refractivity contribution in [1.29, 1.82) is 0 Å². The van der Waals surface area contributed by atoms with Crippen molar-refractivity contribution in [3.63, 3.8) is 0 Å². The van der Waals surface area contributed by atoms with Gasteiger partial charge in [-0.15, -0.1) is 0 Å². The number of aryl methyl sites for hydroxylation is 3. The Balaban J connectivity index is 1.67. The lowest BCUT2D eigenvalue weighted by Crippen LogP contribution is -2.32. The van der Waals surface area contributed by atoms with Crippen LogP contribution in [-0.4, -0.2) is 34.0 Å². The molecule has 156 valence electrons. The first-order valence-corrected chi connectivity index (χ1v) is 11.3. The van der Waals surface area contributed by atoms with E-state index in [1.54, 1.807) is 18.7 Å². The minimum Gasteiger partial charge on any atom is -0.494 e. The summed E-state index contributed by atoms with van der Waals surface area (Å²) in [5, 5.41) is 0. The van der Waals surface area contributed by atoms with Gasteiger partial charge in [0.2, 0.25) is 15.9 Å². The van der Waals surface area contributed by atoms with E-state index in [-0.39, 0.29) is 18.4 Å². The maximum absolute atomic E-state index is 12.9. The van der Waals surface area contributed by atoms with Crippen molar-refractivity contribution in [1.82, 2.24) is 4.72 Å². The Bertz CT molecular complexity index is 977. The Morgan fingerprint density at radius 3 is 2.31 bits per heavy atom. The highest BCUT2D eigenvalue weighted by Gasteiger charge is 2.32. The van der Waals surface area contributed by atoms with Crippen molar-refractivity contribution in [2.45, 2.75) is 39.0 Å². The SMILES string of the molecule is CCOc1ccc(N2C[C@@H](CNS(=O)(=O)c3c(C)cc(C)cc3C)CC2=O)cc1. The molecule has 1 N–H and O–H groups in total. The van der Waals surface area contributed by atoms with Gasteiger partial charge in [0.15, 0.2) is 0 Å². The molecule has 1 amide bonds. The highest BCUT2D eigenvalue weighted by molar-refractivity contribution is 7.89. The second-order valence-corrected chi connectivity index (χ2v) is 9.28. The van der Waals surface area contributed by atoms with Crippen molar-refractivity contribution < 1.29 is 17.9 Å². The summed E-state index contributed by atoms with van der Waals surface area (Å²) in [6.07, 6.45) is 0.321. The molecule has 2 aromatic carbocycles. The minimum atomic E-state index is -3.63. The number of nitrogens with one attached hydrogen (secondary N) is 1. The maximum Gasteiger partial charge on any atom is 0.241 e. The monoisotopic (exact) mass is 416 g/mol. The van der Waals surface area contributed by atoms with Gasteiger partial charge >= 0.3 is 0 Å². The Morgan fingerprint density at radius 2 is 1.72 bits per heavy atom. The quantitative estimate of drug-likeness (QED) is 0.751. The molecule has 1 heterocycles. The van der Waals surface area contributed by atoms with E-state index in [0.29, 0.717) is 24.5 Å². The molecule has 29 heavy (non-hydrogen) atoms. The second kappa shape index (κ2) is 8.55. The van der Waals surface area contributed by atoms with Crippen LogP contribution in [0.15, 0.2) is 41.3 Å². The predicted octanol–water partition coefficient (Wildman–Crippen LogP) is 3.34. The largest absolute Gasteiger partial charge is 0.494 e. The van der Waals surface area contributed by atoms with Crippen molar-refractivity contribution in [2.24, 2.45) is 5.92 Å². The highest BCUT2D eigenvalue weighted by Crippen LogP contribution is 2.27. The zero-order valence-corrected chi connectivity index (χ0v) is 18.2. The summed E-state index contributed by atoms with van der Waals surface area (Å²) >= 11 is 0. The number of carbonyl (C=O) groups is 1. The van der Waals surface area contributed by atoms with Gasteiger partial charge in [0.25, 0.3) is 0 Å². The van der Waals surface area contributed by atoms with Crippen LogP contribution in [0.2, 0.25) is 0 Å². The van der Waals surface area contributed by atoms with Crippen molar-refractivity contribution in [2.75, 3.05) is 24.6 Å². The third kappa shape index (κ3) is 4.79. The number of sulfonamides is 1. The van der Waals surface area contributed by atoms with Gasteiger partial charge in [-0.1, -0.05) is 17.7 Å². The first-order chi connectivity index (χ1) is 13.7. The van der Waals surface area contributed by atoms with Gasteiger partial charge in [-0.2, -0.15) is 0 Å². The fraction of sp³-hybridized carbons (Fsp3) is 0.409. The van der Waals surface area contributed by atoms with E-state index < -0.39 is 10.0 Å². The van der Waals surface area contributed by atoms with E-state index in [0.717, 1.165) is 28.1 Å². The number of benzene rings is 2. The summed E-state index contributed by atoms with van der Waals surface area (Å²) < 4.78 is 33.8. The van der Waals surface area contributed by atoms with Gasteiger partial charge in [-0.25, -0.2) is 13.1 Å². The van der Waals surface area contributed by atoms with Crippen LogP contribution < -0.4 is 14.4 Å². The topological polar surface area (TPSA) is 75.7 Å². The summed E-state index contributed by atoms with van der Waals surface area (Å²) in [6.45, 7) is 8.79. The number of amides is 1. The summed E-state index contributed by atoms with van der Waals surface area (Å²) in [7, 11) is -3.63. The van der Waals surface area contributed by atoms with Crippen LogP contribution in [0.1, 0.15) is 30.0 Å². The summed E-state index contributed by atoms with van der Waals surface area (Å²) in [6, 6.07) is 11.1. The Hall–Kier alpha value is -2.38. The molecular formula is C22H28N2O4S. The number of ether oxygens (including phenoxy) is 1. The van der Waals surface area contributed by atoms with Gasteiger partial charge < -0.3 is 9.64 Å². The molecule has 0 aliphatic carbocycles. The lowest BCUT2D eigenvalue weighted by Gasteiger charge is -2.18. The minimum absolute atomic E-state index is 0.000977. The molecule has 0 aromatic heterocycles. The molecule has 6 nitrogen and oxygen atoms in total. The second-order valence-electron chi connectivity index (χ2n) is 7.58. The molecule has 1 atom stereocenters. The van der Waals surface area contributed by atoms with E-state index in [1.807, 2.05) is 50.2 Å².